The zero-order valence-corrected chi connectivity index (χ0v) is 18.2. The smallest absolute Gasteiger partial charge is 0.313 e. The second-order valence-corrected chi connectivity index (χ2v) is 8.80. The minimum atomic E-state index is -4.23. The van der Waals surface area contributed by atoms with Crippen molar-refractivity contribution in [2.75, 3.05) is 6.61 Å². The minimum absolute atomic E-state index is 0.0453. The van der Waals surface area contributed by atoms with Crippen LogP contribution in [0.5, 0.6) is 17.2 Å². The molecule has 32 heavy (non-hydrogen) atoms. The lowest BCUT2D eigenvalue weighted by Crippen LogP contribution is -2.44. The summed E-state index contributed by atoms with van der Waals surface area (Å²) in [6.07, 6.45) is 0. The number of nitro groups is 1. The van der Waals surface area contributed by atoms with Gasteiger partial charge in [0.1, 0.15) is 6.61 Å². The Morgan fingerprint density at radius 1 is 1.00 bits per heavy atom. The van der Waals surface area contributed by atoms with Crippen LogP contribution in [0, 0.1) is 17.0 Å². The lowest BCUT2D eigenvalue weighted by molar-refractivity contribution is -0.386. The first-order valence-corrected chi connectivity index (χ1v) is 11.1. The molecule has 0 saturated heterocycles. The van der Waals surface area contributed by atoms with E-state index in [4.69, 9.17) is 9.57 Å². The molecule has 168 valence electrons. The van der Waals surface area contributed by atoms with E-state index >= 15 is 0 Å². The van der Waals surface area contributed by atoms with Crippen molar-refractivity contribution in [1.82, 2.24) is 4.47 Å². The Balaban J connectivity index is 1.96. The number of rotatable bonds is 9. The first-order valence-electron chi connectivity index (χ1n) is 9.63. The molecule has 0 aliphatic rings. The maximum absolute atomic E-state index is 13.4. The number of phenolic OH excluding ortho intramolecular Hbond substituents is 1. The third kappa shape index (κ3) is 5.16. The summed E-state index contributed by atoms with van der Waals surface area (Å²) in [5.74, 6) is -0.174. The predicted molar refractivity (Wildman–Crippen MR) is 117 cm³/mol. The molecule has 0 radical (unpaired) electrons. The molecule has 0 unspecified atom stereocenters. The molecule has 3 aromatic carbocycles. The van der Waals surface area contributed by atoms with Crippen molar-refractivity contribution in [1.29, 1.82) is 0 Å². The Bertz CT molecular complexity index is 1200. The Kier molecular flexibility index (Phi) is 6.96. The molecular weight excluding hydrogens is 436 g/mol. The molecule has 0 bridgehead atoms. The molecular formula is C22H22N2O7S. The summed E-state index contributed by atoms with van der Waals surface area (Å²) in [6.45, 7) is 3.16. The molecule has 0 aromatic heterocycles. The van der Waals surface area contributed by atoms with Crippen LogP contribution in [0.25, 0.3) is 0 Å². The van der Waals surface area contributed by atoms with Crippen molar-refractivity contribution >= 4 is 15.7 Å². The van der Waals surface area contributed by atoms with Gasteiger partial charge in [-0.15, -0.1) is 0 Å². The maximum atomic E-state index is 13.4. The quantitative estimate of drug-likeness (QED) is 0.379. The number of sulfonamides is 1. The van der Waals surface area contributed by atoms with E-state index in [-0.39, 0.29) is 34.4 Å². The Morgan fingerprint density at radius 2 is 1.59 bits per heavy atom. The van der Waals surface area contributed by atoms with Gasteiger partial charge >= 0.3 is 5.69 Å². The number of aromatic hydroxyl groups is 1. The van der Waals surface area contributed by atoms with Crippen molar-refractivity contribution in [2.45, 2.75) is 24.8 Å². The van der Waals surface area contributed by atoms with Gasteiger partial charge in [-0.05, 0) is 48.6 Å². The highest BCUT2D eigenvalue weighted by Crippen LogP contribution is 2.30. The van der Waals surface area contributed by atoms with Crippen LogP contribution < -0.4 is 9.57 Å². The molecule has 0 aliphatic carbocycles. The van der Waals surface area contributed by atoms with Gasteiger partial charge in [0.05, 0.1) is 15.9 Å². The van der Waals surface area contributed by atoms with E-state index in [1.165, 1.54) is 55.5 Å². The number of phenols is 1. The van der Waals surface area contributed by atoms with E-state index in [1.54, 1.807) is 24.3 Å². The first-order chi connectivity index (χ1) is 15.2. The normalized spacial score (nSPS) is 12.3. The summed E-state index contributed by atoms with van der Waals surface area (Å²) < 4.78 is 33.0. The molecule has 10 heteroatoms. The van der Waals surface area contributed by atoms with Crippen molar-refractivity contribution in [3.05, 3.63) is 88.5 Å². The number of aryl methyl sites for hydroxylation is 1. The van der Waals surface area contributed by atoms with Crippen LogP contribution in [-0.2, 0) is 10.0 Å². The summed E-state index contributed by atoms with van der Waals surface area (Å²) >= 11 is 0. The molecule has 3 rings (SSSR count). The molecule has 0 aliphatic heterocycles. The number of hydrogen-bond acceptors (Lipinski definition) is 7. The Hall–Kier alpha value is -3.63. The van der Waals surface area contributed by atoms with E-state index in [0.717, 1.165) is 5.56 Å². The van der Waals surface area contributed by atoms with E-state index in [2.05, 4.69) is 0 Å². The second-order valence-electron chi connectivity index (χ2n) is 7.02. The fourth-order valence-corrected chi connectivity index (χ4v) is 4.22. The summed E-state index contributed by atoms with van der Waals surface area (Å²) in [6, 6.07) is 16.9. The molecule has 9 nitrogen and oxygen atoms in total. The fraction of sp³-hybridized carbons (Fsp3) is 0.182. The number of hydroxylamine groups is 1. The summed E-state index contributed by atoms with van der Waals surface area (Å²) in [4.78, 5) is 16.3. The summed E-state index contributed by atoms with van der Waals surface area (Å²) in [5, 5.41) is 21.3. The van der Waals surface area contributed by atoms with Crippen molar-refractivity contribution in [3.8, 4) is 17.2 Å². The zero-order valence-electron chi connectivity index (χ0n) is 17.4. The minimum Gasteiger partial charge on any atom is -0.504 e. The molecule has 3 aromatic rings. The van der Waals surface area contributed by atoms with E-state index in [0.29, 0.717) is 4.47 Å². The predicted octanol–water partition coefficient (Wildman–Crippen LogP) is 4.06. The van der Waals surface area contributed by atoms with Crippen LogP contribution >= 0.6 is 0 Å². The second kappa shape index (κ2) is 9.67. The van der Waals surface area contributed by atoms with Crippen LogP contribution in [-0.4, -0.2) is 35.6 Å². The number of ether oxygens (including phenoxy) is 1. The zero-order chi connectivity index (χ0) is 23.3. The van der Waals surface area contributed by atoms with Gasteiger partial charge in [0.15, 0.2) is 11.5 Å². The standard InChI is InChI=1S/C22H22N2O7S/c1-16-11-13-18(14-12-16)32(28,29)24(31-21-9-5-3-7-19(21)23(26)27)17(2)15-30-22-10-6-4-8-20(22)25/h3-14,17,25H,15H2,1-2H3/t17-/m0/s1. The monoisotopic (exact) mass is 458 g/mol. The van der Waals surface area contributed by atoms with Crippen LogP contribution in [0.3, 0.4) is 0 Å². The highest BCUT2D eigenvalue weighted by molar-refractivity contribution is 7.89. The van der Waals surface area contributed by atoms with Gasteiger partial charge in [0, 0.05) is 6.07 Å². The third-order valence-electron chi connectivity index (χ3n) is 4.51. The topological polar surface area (TPSA) is 119 Å². The van der Waals surface area contributed by atoms with Crippen LogP contribution in [0.1, 0.15) is 12.5 Å². The van der Waals surface area contributed by atoms with Gasteiger partial charge in [0.2, 0.25) is 5.75 Å². The van der Waals surface area contributed by atoms with Gasteiger partial charge in [-0.1, -0.05) is 42.0 Å². The summed E-state index contributed by atoms with van der Waals surface area (Å²) in [7, 11) is -4.23. The fourth-order valence-electron chi connectivity index (χ4n) is 2.82. The highest BCUT2D eigenvalue weighted by atomic mass is 32.2. The van der Waals surface area contributed by atoms with Gasteiger partial charge in [0.25, 0.3) is 10.0 Å². The average molecular weight is 458 g/mol. The number of nitro benzene ring substituents is 1. The van der Waals surface area contributed by atoms with E-state index in [1.807, 2.05) is 6.92 Å². The molecule has 0 saturated carbocycles. The first kappa shape index (κ1) is 23.0. The molecule has 0 fully saturated rings. The van der Waals surface area contributed by atoms with Crippen molar-refractivity contribution in [3.63, 3.8) is 0 Å². The van der Waals surface area contributed by atoms with Crippen molar-refractivity contribution in [2.24, 2.45) is 0 Å². The molecule has 0 heterocycles. The van der Waals surface area contributed by atoms with Gasteiger partial charge in [-0.2, -0.15) is 0 Å². The lowest BCUT2D eigenvalue weighted by atomic mass is 10.2. The van der Waals surface area contributed by atoms with Crippen LogP contribution in [0.4, 0.5) is 5.69 Å². The Labute approximate surface area is 185 Å². The SMILES string of the molecule is Cc1ccc(S(=O)(=O)N(Oc2ccccc2[N+](=O)[O-])[C@@H](C)COc2ccccc2O)cc1. The number of hydrogen-bond donors (Lipinski definition) is 1. The molecule has 0 amide bonds. The average Bonchev–Trinajstić information content (AvgIpc) is 2.77. The molecule has 0 spiro atoms. The van der Waals surface area contributed by atoms with Gasteiger partial charge < -0.3 is 14.7 Å². The van der Waals surface area contributed by atoms with E-state index < -0.39 is 21.0 Å². The van der Waals surface area contributed by atoms with E-state index in [9.17, 15) is 23.6 Å². The van der Waals surface area contributed by atoms with Crippen LogP contribution in [0.2, 0.25) is 0 Å². The molecule has 1 atom stereocenters. The number of benzene rings is 3. The molecule has 1 N–H and O–H groups in total. The largest absolute Gasteiger partial charge is 0.504 e. The maximum Gasteiger partial charge on any atom is 0.313 e. The number of nitrogens with zero attached hydrogens (tertiary/aromatic N) is 2. The highest BCUT2D eigenvalue weighted by Gasteiger charge is 2.34. The third-order valence-corrected chi connectivity index (χ3v) is 6.29. The lowest BCUT2D eigenvalue weighted by Gasteiger charge is -2.27. The van der Waals surface area contributed by atoms with Crippen LogP contribution in [0.15, 0.2) is 77.7 Å². The van der Waals surface area contributed by atoms with Gasteiger partial charge in [-0.3, -0.25) is 10.1 Å². The Morgan fingerprint density at radius 3 is 2.22 bits per heavy atom. The van der Waals surface area contributed by atoms with Gasteiger partial charge in [-0.25, -0.2) is 8.42 Å². The summed E-state index contributed by atoms with van der Waals surface area (Å²) in [5.41, 5.74) is 0.483. The van der Waals surface area contributed by atoms with Crippen molar-refractivity contribution < 1.29 is 28.0 Å². The number of para-hydroxylation sites is 4.